The second kappa shape index (κ2) is 4.97. The summed E-state index contributed by atoms with van der Waals surface area (Å²) in [6.45, 7) is 5.17. The van der Waals surface area contributed by atoms with Crippen molar-refractivity contribution >= 4 is 17.2 Å². The van der Waals surface area contributed by atoms with E-state index in [1.807, 2.05) is 17.7 Å². The number of nitrogens with one attached hydrogen (secondary N) is 2. The maximum Gasteiger partial charge on any atom is 0.252 e. The lowest BCUT2D eigenvalue weighted by molar-refractivity contribution is 0.0920. The molecule has 0 spiro atoms. The van der Waals surface area contributed by atoms with Gasteiger partial charge in [0.1, 0.15) is 0 Å². The minimum atomic E-state index is 0.0688. The Balaban J connectivity index is 1.99. The van der Waals surface area contributed by atoms with Crippen LogP contribution in [0.1, 0.15) is 35.7 Å². The maximum absolute atomic E-state index is 12.0. The Bertz CT molecular complexity index is 375. The molecule has 0 bridgehead atoms. The number of amides is 1. The highest BCUT2D eigenvalue weighted by molar-refractivity contribution is 7.08. The predicted octanol–water partition coefficient (Wildman–Crippen LogP) is 1.93. The lowest BCUT2D eigenvalue weighted by Crippen LogP contribution is -2.51. The van der Waals surface area contributed by atoms with Crippen molar-refractivity contribution in [3.63, 3.8) is 0 Å². The molecule has 1 aromatic heterocycles. The fourth-order valence-corrected chi connectivity index (χ4v) is 2.91. The summed E-state index contributed by atoms with van der Waals surface area (Å²) < 4.78 is 0. The van der Waals surface area contributed by atoms with Gasteiger partial charge in [0.2, 0.25) is 0 Å². The second-order valence-corrected chi connectivity index (χ2v) is 5.18. The number of piperidine rings is 1. The molecule has 3 nitrogen and oxygen atoms in total. The van der Waals surface area contributed by atoms with E-state index in [9.17, 15) is 4.79 Å². The van der Waals surface area contributed by atoms with Crippen LogP contribution in [-0.2, 0) is 0 Å². The third-order valence-electron chi connectivity index (χ3n) is 3.18. The Morgan fingerprint density at radius 3 is 3.00 bits per heavy atom. The number of hydrogen-bond donors (Lipinski definition) is 2. The maximum atomic E-state index is 12.0. The van der Waals surface area contributed by atoms with Crippen molar-refractivity contribution in [2.45, 2.75) is 38.8 Å². The van der Waals surface area contributed by atoms with Gasteiger partial charge in [-0.15, -0.1) is 0 Å². The predicted molar refractivity (Wildman–Crippen MR) is 67.0 cm³/mol. The quantitative estimate of drug-likeness (QED) is 0.826. The van der Waals surface area contributed by atoms with Gasteiger partial charge in [0.05, 0.1) is 5.56 Å². The van der Waals surface area contributed by atoms with Crippen LogP contribution in [0.5, 0.6) is 0 Å². The molecular weight excluding hydrogens is 220 g/mol. The Kier molecular flexibility index (Phi) is 3.61. The molecule has 4 heteroatoms. The van der Waals surface area contributed by atoms with Crippen molar-refractivity contribution in [2.75, 3.05) is 6.54 Å². The summed E-state index contributed by atoms with van der Waals surface area (Å²) in [4.78, 5) is 12.0. The fourth-order valence-electron chi connectivity index (χ4n) is 2.08. The Labute approximate surface area is 100 Å². The molecule has 1 fully saturated rings. The molecule has 16 heavy (non-hydrogen) atoms. The van der Waals surface area contributed by atoms with E-state index < -0.39 is 0 Å². The summed E-state index contributed by atoms with van der Waals surface area (Å²) in [5, 5.41) is 10.4. The molecule has 0 aliphatic carbocycles. The zero-order valence-electron chi connectivity index (χ0n) is 9.75. The van der Waals surface area contributed by atoms with Crippen LogP contribution in [0.3, 0.4) is 0 Å². The van der Waals surface area contributed by atoms with Crippen LogP contribution in [0.25, 0.3) is 0 Å². The van der Waals surface area contributed by atoms with Crippen LogP contribution in [0.4, 0.5) is 0 Å². The van der Waals surface area contributed by atoms with Crippen LogP contribution < -0.4 is 10.6 Å². The number of rotatable bonds is 2. The Morgan fingerprint density at radius 1 is 1.56 bits per heavy atom. The summed E-state index contributed by atoms with van der Waals surface area (Å²) in [6, 6.07) is 0.636. The lowest BCUT2D eigenvalue weighted by Gasteiger charge is -2.30. The van der Waals surface area contributed by atoms with E-state index in [0.29, 0.717) is 6.04 Å². The van der Waals surface area contributed by atoms with Crippen LogP contribution in [0.15, 0.2) is 10.8 Å². The van der Waals surface area contributed by atoms with Crippen molar-refractivity contribution in [1.29, 1.82) is 0 Å². The molecule has 1 aliphatic heterocycles. The molecule has 0 radical (unpaired) electrons. The molecule has 0 saturated carbocycles. The van der Waals surface area contributed by atoms with E-state index in [1.54, 1.807) is 11.3 Å². The number of carbonyl (C=O) groups excluding carboxylic acids is 1. The number of thiophene rings is 1. The van der Waals surface area contributed by atoms with Gasteiger partial charge < -0.3 is 10.6 Å². The number of carbonyl (C=O) groups is 1. The standard InChI is InChI=1S/C12H18N2OS/c1-8-6-16-7-10(8)12(15)14-11-4-3-5-13-9(11)2/h6-7,9,11,13H,3-5H2,1-2H3,(H,14,15). The zero-order valence-corrected chi connectivity index (χ0v) is 10.6. The monoisotopic (exact) mass is 238 g/mol. The first kappa shape index (κ1) is 11.6. The van der Waals surface area contributed by atoms with E-state index in [2.05, 4.69) is 17.6 Å². The van der Waals surface area contributed by atoms with Crippen molar-refractivity contribution in [3.05, 3.63) is 21.9 Å². The van der Waals surface area contributed by atoms with Gasteiger partial charge in [0, 0.05) is 17.5 Å². The summed E-state index contributed by atoms with van der Waals surface area (Å²) in [5.74, 6) is 0.0688. The van der Waals surface area contributed by atoms with E-state index in [0.717, 1.165) is 30.5 Å². The van der Waals surface area contributed by atoms with Gasteiger partial charge >= 0.3 is 0 Å². The Hall–Kier alpha value is -0.870. The minimum Gasteiger partial charge on any atom is -0.348 e. The average molecular weight is 238 g/mol. The van der Waals surface area contributed by atoms with E-state index in [-0.39, 0.29) is 11.9 Å². The average Bonchev–Trinajstić information content (AvgIpc) is 2.68. The van der Waals surface area contributed by atoms with Gasteiger partial charge in [-0.2, -0.15) is 11.3 Å². The molecule has 2 atom stereocenters. The SMILES string of the molecule is Cc1cscc1C(=O)NC1CCCNC1C. The van der Waals surface area contributed by atoms with Crippen LogP contribution in [-0.4, -0.2) is 24.5 Å². The van der Waals surface area contributed by atoms with Crippen LogP contribution in [0.2, 0.25) is 0 Å². The smallest absolute Gasteiger partial charge is 0.252 e. The molecule has 2 heterocycles. The molecule has 2 N–H and O–H groups in total. The normalized spacial score (nSPS) is 25.4. The van der Waals surface area contributed by atoms with Gasteiger partial charge in [-0.05, 0) is 44.2 Å². The van der Waals surface area contributed by atoms with Crippen molar-refractivity contribution in [3.8, 4) is 0 Å². The number of aryl methyl sites for hydroxylation is 1. The van der Waals surface area contributed by atoms with Gasteiger partial charge in [-0.3, -0.25) is 4.79 Å². The van der Waals surface area contributed by atoms with Gasteiger partial charge in [-0.1, -0.05) is 0 Å². The summed E-state index contributed by atoms with van der Waals surface area (Å²) in [7, 11) is 0. The largest absolute Gasteiger partial charge is 0.348 e. The Morgan fingerprint density at radius 2 is 2.38 bits per heavy atom. The van der Waals surface area contributed by atoms with Gasteiger partial charge in [0.15, 0.2) is 0 Å². The first-order chi connectivity index (χ1) is 7.68. The van der Waals surface area contributed by atoms with E-state index >= 15 is 0 Å². The first-order valence-electron chi connectivity index (χ1n) is 5.75. The highest BCUT2D eigenvalue weighted by Gasteiger charge is 2.23. The lowest BCUT2D eigenvalue weighted by atomic mass is 9.99. The molecule has 2 rings (SSSR count). The van der Waals surface area contributed by atoms with E-state index in [1.165, 1.54) is 0 Å². The van der Waals surface area contributed by atoms with Crippen molar-refractivity contribution in [1.82, 2.24) is 10.6 Å². The molecule has 2 unspecified atom stereocenters. The highest BCUT2D eigenvalue weighted by Crippen LogP contribution is 2.15. The molecule has 1 aromatic rings. The highest BCUT2D eigenvalue weighted by atomic mass is 32.1. The molecular formula is C12H18N2OS. The fraction of sp³-hybridized carbons (Fsp3) is 0.583. The van der Waals surface area contributed by atoms with Crippen molar-refractivity contribution in [2.24, 2.45) is 0 Å². The number of hydrogen-bond acceptors (Lipinski definition) is 3. The van der Waals surface area contributed by atoms with Gasteiger partial charge in [0.25, 0.3) is 5.91 Å². The minimum absolute atomic E-state index is 0.0688. The molecule has 1 saturated heterocycles. The molecule has 1 aliphatic rings. The van der Waals surface area contributed by atoms with Crippen molar-refractivity contribution < 1.29 is 4.79 Å². The first-order valence-corrected chi connectivity index (χ1v) is 6.70. The summed E-state index contributed by atoms with van der Waals surface area (Å²) in [6.07, 6.45) is 2.21. The van der Waals surface area contributed by atoms with Crippen LogP contribution in [0, 0.1) is 6.92 Å². The summed E-state index contributed by atoms with van der Waals surface area (Å²) >= 11 is 1.58. The van der Waals surface area contributed by atoms with E-state index in [4.69, 9.17) is 0 Å². The van der Waals surface area contributed by atoms with Crippen LogP contribution >= 0.6 is 11.3 Å². The second-order valence-electron chi connectivity index (χ2n) is 4.43. The topological polar surface area (TPSA) is 41.1 Å². The van der Waals surface area contributed by atoms with Gasteiger partial charge in [-0.25, -0.2) is 0 Å². The molecule has 0 aromatic carbocycles. The third-order valence-corrected chi connectivity index (χ3v) is 4.04. The summed E-state index contributed by atoms with van der Waals surface area (Å²) in [5.41, 5.74) is 1.89. The molecule has 1 amide bonds. The molecule has 88 valence electrons. The third kappa shape index (κ3) is 2.44. The zero-order chi connectivity index (χ0) is 11.5.